The number of carbonyl (C=O) groups is 1. The molecule has 0 bridgehead atoms. The second-order valence-electron chi connectivity index (χ2n) is 5.76. The van der Waals surface area contributed by atoms with Gasteiger partial charge in [0.2, 0.25) is 5.88 Å². The minimum absolute atomic E-state index is 0.148. The average Bonchev–Trinajstić information content (AvgIpc) is 3.03. The summed E-state index contributed by atoms with van der Waals surface area (Å²) in [5, 5.41) is 2.95. The highest BCUT2D eigenvalue weighted by Gasteiger charge is 2.18. The Morgan fingerprint density at radius 1 is 1.30 bits per heavy atom. The van der Waals surface area contributed by atoms with Crippen molar-refractivity contribution in [3.63, 3.8) is 0 Å². The number of benzene rings is 1. The first kappa shape index (κ1) is 15.9. The fourth-order valence-corrected chi connectivity index (χ4v) is 3.63. The van der Waals surface area contributed by atoms with Crippen LogP contribution in [0.2, 0.25) is 0 Å². The van der Waals surface area contributed by atoms with Gasteiger partial charge in [0.1, 0.15) is 6.10 Å². The third-order valence-electron chi connectivity index (χ3n) is 3.80. The number of amides is 1. The minimum Gasteiger partial charge on any atom is -0.473 e. The molecule has 1 saturated heterocycles. The van der Waals surface area contributed by atoms with Crippen LogP contribution in [0.5, 0.6) is 5.88 Å². The molecule has 1 amide bonds. The SMILES string of the molecule is Cc1ccc(NC(=O)c2ccnc(OC3CCSC3)c2)c(C)c1. The van der Waals surface area contributed by atoms with Crippen molar-refractivity contribution in [1.82, 2.24) is 4.98 Å². The van der Waals surface area contributed by atoms with E-state index < -0.39 is 0 Å². The number of nitrogens with zero attached hydrogens (tertiary/aromatic N) is 1. The molecule has 3 rings (SSSR count). The maximum Gasteiger partial charge on any atom is 0.255 e. The van der Waals surface area contributed by atoms with Gasteiger partial charge in [-0.25, -0.2) is 4.98 Å². The molecule has 1 aromatic heterocycles. The topological polar surface area (TPSA) is 51.2 Å². The first-order valence-corrected chi connectivity index (χ1v) is 8.86. The molecule has 1 fully saturated rings. The van der Waals surface area contributed by atoms with Gasteiger partial charge in [0.25, 0.3) is 5.91 Å². The van der Waals surface area contributed by atoms with Crippen LogP contribution in [0.15, 0.2) is 36.5 Å². The number of pyridine rings is 1. The highest BCUT2D eigenvalue weighted by molar-refractivity contribution is 7.99. The molecule has 1 unspecified atom stereocenters. The number of nitrogens with one attached hydrogen (secondary N) is 1. The molecule has 1 aliphatic rings. The van der Waals surface area contributed by atoms with Crippen LogP contribution in [-0.2, 0) is 0 Å². The summed E-state index contributed by atoms with van der Waals surface area (Å²) in [5.74, 6) is 2.48. The Morgan fingerprint density at radius 2 is 2.17 bits per heavy atom. The predicted molar refractivity (Wildman–Crippen MR) is 94.5 cm³/mol. The molecular weight excluding hydrogens is 308 g/mol. The first-order valence-electron chi connectivity index (χ1n) is 7.71. The Labute approximate surface area is 140 Å². The molecule has 1 N–H and O–H groups in total. The number of rotatable bonds is 4. The van der Waals surface area contributed by atoms with E-state index >= 15 is 0 Å². The summed E-state index contributed by atoms with van der Waals surface area (Å²) in [5.41, 5.74) is 3.61. The summed E-state index contributed by atoms with van der Waals surface area (Å²) in [6, 6.07) is 9.38. The molecule has 1 atom stereocenters. The van der Waals surface area contributed by atoms with Gasteiger partial charge in [-0.3, -0.25) is 4.79 Å². The summed E-state index contributed by atoms with van der Waals surface area (Å²) < 4.78 is 5.84. The van der Waals surface area contributed by atoms with Gasteiger partial charge in [0.05, 0.1) is 0 Å². The van der Waals surface area contributed by atoms with Crippen LogP contribution in [0.4, 0.5) is 5.69 Å². The largest absolute Gasteiger partial charge is 0.473 e. The summed E-state index contributed by atoms with van der Waals surface area (Å²) >= 11 is 1.88. The molecule has 2 heterocycles. The van der Waals surface area contributed by atoms with Crippen LogP contribution >= 0.6 is 11.8 Å². The lowest BCUT2D eigenvalue weighted by Gasteiger charge is -2.13. The van der Waals surface area contributed by atoms with Gasteiger partial charge in [-0.15, -0.1) is 0 Å². The molecule has 0 radical (unpaired) electrons. The van der Waals surface area contributed by atoms with Gasteiger partial charge < -0.3 is 10.1 Å². The number of ether oxygens (including phenoxy) is 1. The van der Waals surface area contributed by atoms with Crippen LogP contribution < -0.4 is 10.1 Å². The van der Waals surface area contributed by atoms with Gasteiger partial charge in [0.15, 0.2) is 0 Å². The van der Waals surface area contributed by atoms with Crippen molar-refractivity contribution < 1.29 is 9.53 Å². The zero-order valence-electron chi connectivity index (χ0n) is 13.3. The molecule has 0 aliphatic carbocycles. The quantitative estimate of drug-likeness (QED) is 0.926. The molecule has 4 nitrogen and oxygen atoms in total. The van der Waals surface area contributed by atoms with E-state index in [1.54, 1.807) is 18.3 Å². The molecule has 1 aromatic carbocycles. The summed E-state index contributed by atoms with van der Waals surface area (Å²) in [6.07, 6.45) is 2.85. The van der Waals surface area contributed by atoms with Crippen LogP contribution in [0.1, 0.15) is 27.9 Å². The lowest BCUT2D eigenvalue weighted by molar-refractivity contribution is 0.102. The van der Waals surface area contributed by atoms with E-state index in [4.69, 9.17) is 4.74 Å². The van der Waals surface area contributed by atoms with Gasteiger partial charge in [-0.1, -0.05) is 17.7 Å². The highest BCUT2D eigenvalue weighted by Crippen LogP contribution is 2.23. The smallest absolute Gasteiger partial charge is 0.255 e. The molecule has 23 heavy (non-hydrogen) atoms. The summed E-state index contributed by atoms with van der Waals surface area (Å²) in [4.78, 5) is 16.7. The fourth-order valence-electron chi connectivity index (χ4n) is 2.54. The number of anilines is 1. The maximum atomic E-state index is 12.4. The van der Waals surface area contributed by atoms with Gasteiger partial charge >= 0.3 is 0 Å². The molecule has 0 spiro atoms. The van der Waals surface area contributed by atoms with E-state index in [0.29, 0.717) is 11.4 Å². The third-order valence-corrected chi connectivity index (χ3v) is 4.93. The predicted octanol–water partition coefficient (Wildman–Crippen LogP) is 3.84. The van der Waals surface area contributed by atoms with Crippen molar-refractivity contribution in [3.05, 3.63) is 53.2 Å². The van der Waals surface area contributed by atoms with Crippen molar-refractivity contribution in [2.75, 3.05) is 16.8 Å². The van der Waals surface area contributed by atoms with E-state index in [0.717, 1.165) is 29.2 Å². The average molecular weight is 328 g/mol. The zero-order chi connectivity index (χ0) is 16.2. The normalized spacial score (nSPS) is 17.0. The van der Waals surface area contributed by atoms with E-state index in [-0.39, 0.29) is 12.0 Å². The lowest BCUT2D eigenvalue weighted by Crippen LogP contribution is -2.17. The molecular formula is C18H20N2O2S. The Morgan fingerprint density at radius 3 is 2.91 bits per heavy atom. The van der Waals surface area contributed by atoms with E-state index in [9.17, 15) is 4.79 Å². The van der Waals surface area contributed by atoms with Crippen molar-refractivity contribution in [1.29, 1.82) is 0 Å². The summed E-state index contributed by atoms with van der Waals surface area (Å²) in [7, 11) is 0. The number of aryl methyl sites for hydroxylation is 2. The van der Waals surface area contributed by atoms with Crippen LogP contribution in [-0.4, -0.2) is 28.5 Å². The molecule has 2 aromatic rings. The Bertz CT molecular complexity index is 712. The monoisotopic (exact) mass is 328 g/mol. The molecule has 120 valence electrons. The van der Waals surface area contributed by atoms with Crippen molar-refractivity contribution in [2.24, 2.45) is 0 Å². The van der Waals surface area contributed by atoms with E-state index in [1.165, 1.54) is 5.56 Å². The number of thioether (sulfide) groups is 1. The summed E-state index contributed by atoms with van der Waals surface area (Å²) in [6.45, 7) is 4.02. The van der Waals surface area contributed by atoms with Crippen LogP contribution in [0.3, 0.4) is 0 Å². The zero-order valence-corrected chi connectivity index (χ0v) is 14.2. The number of hydrogen-bond donors (Lipinski definition) is 1. The molecule has 5 heteroatoms. The van der Waals surface area contributed by atoms with E-state index in [1.807, 2.05) is 37.7 Å². The second kappa shape index (κ2) is 7.04. The Balaban J connectivity index is 1.71. The Kier molecular flexibility index (Phi) is 4.86. The minimum atomic E-state index is -0.148. The van der Waals surface area contributed by atoms with Gasteiger partial charge in [-0.2, -0.15) is 11.8 Å². The van der Waals surface area contributed by atoms with Crippen LogP contribution in [0.25, 0.3) is 0 Å². The van der Waals surface area contributed by atoms with Crippen LogP contribution in [0, 0.1) is 13.8 Å². The van der Waals surface area contributed by atoms with Crippen molar-refractivity contribution in [3.8, 4) is 5.88 Å². The number of carbonyl (C=O) groups excluding carboxylic acids is 1. The lowest BCUT2D eigenvalue weighted by atomic mass is 10.1. The standard InChI is InChI=1S/C18H20N2O2S/c1-12-3-4-16(13(2)9-12)20-18(21)14-5-7-19-17(10-14)22-15-6-8-23-11-15/h3-5,7,9-10,15H,6,8,11H2,1-2H3,(H,20,21). The molecule has 0 saturated carbocycles. The molecule has 1 aliphatic heterocycles. The van der Waals surface area contributed by atoms with Crippen molar-refractivity contribution in [2.45, 2.75) is 26.4 Å². The maximum absolute atomic E-state index is 12.4. The van der Waals surface area contributed by atoms with Gasteiger partial charge in [0, 0.05) is 29.3 Å². The number of aromatic nitrogens is 1. The Hall–Kier alpha value is -2.01. The van der Waals surface area contributed by atoms with Crippen molar-refractivity contribution >= 4 is 23.4 Å². The highest BCUT2D eigenvalue weighted by atomic mass is 32.2. The second-order valence-corrected chi connectivity index (χ2v) is 6.91. The first-order chi connectivity index (χ1) is 11.1. The van der Waals surface area contributed by atoms with Gasteiger partial charge in [-0.05, 0) is 43.7 Å². The third kappa shape index (κ3) is 4.05. The fraction of sp³-hybridized carbons (Fsp3) is 0.333. The number of hydrogen-bond acceptors (Lipinski definition) is 4. The van der Waals surface area contributed by atoms with E-state index in [2.05, 4.69) is 16.4 Å².